The van der Waals surface area contributed by atoms with E-state index in [1.165, 1.54) is 0 Å². The number of nitrogens with zero attached hydrogens (tertiary/aromatic N) is 1. The van der Waals surface area contributed by atoms with Crippen LogP contribution in [0.15, 0.2) is 121 Å². The number of ether oxygens (including phenoxy) is 2. The summed E-state index contributed by atoms with van der Waals surface area (Å²) in [6.07, 6.45) is -0.230. The third-order valence-corrected chi connectivity index (χ3v) is 6.46. The van der Waals surface area contributed by atoms with Gasteiger partial charge >= 0.3 is 0 Å². The average Bonchev–Trinajstić information content (AvgIpc) is 2.93. The molecule has 4 aromatic rings. The normalized spacial score (nSPS) is 16.3. The predicted molar refractivity (Wildman–Crippen MR) is 137 cm³/mol. The van der Waals surface area contributed by atoms with Crippen LogP contribution in [0.2, 0.25) is 0 Å². The van der Waals surface area contributed by atoms with Crippen molar-refractivity contribution >= 4 is 5.91 Å². The van der Waals surface area contributed by atoms with E-state index < -0.39 is 5.60 Å². The van der Waals surface area contributed by atoms with Gasteiger partial charge in [0.25, 0.3) is 0 Å². The van der Waals surface area contributed by atoms with Gasteiger partial charge in [-0.05, 0) is 22.3 Å². The smallest absolute Gasteiger partial charge is 0.248 e. The van der Waals surface area contributed by atoms with Crippen molar-refractivity contribution in [3.63, 3.8) is 0 Å². The van der Waals surface area contributed by atoms with Crippen LogP contribution >= 0.6 is 0 Å². The second kappa shape index (κ2) is 10.7. The van der Waals surface area contributed by atoms with E-state index in [4.69, 9.17) is 9.47 Å². The van der Waals surface area contributed by atoms with Gasteiger partial charge in [-0.2, -0.15) is 0 Å². The third kappa shape index (κ3) is 5.04. The summed E-state index contributed by atoms with van der Waals surface area (Å²) in [5.41, 5.74) is 3.44. The maximum Gasteiger partial charge on any atom is 0.248 e. The molecule has 0 N–H and O–H groups in total. The minimum atomic E-state index is -0.807. The number of hydrogen-bond acceptors (Lipinski definition) is 3. The van der Waals surface area contributed by atoms with Crippen molar-refractivity contribution in [1.82, 2.24) is 4.90 Å². The molecular weight excluding hydrogens is 434 g/mol. The number of carbonyl (C=O) groups excluding carboxylic acids is 1. The quantitative estimate of drug-likeness (QED) is 0.328. The second-order valence-corrected chi connectivity index (χ2v) is 8.78. The Bertz CT molecular complexity index is 1120. The molecule has 0 aromatic heterocycles. The Labute approximate surface area is 206 Å². The van der Waals surface area contributed by atoms with Gasteiger partial charge in [0.15, 0.2) is 0 Å². The minimum Gasteiger partial charge on any atom is -0.364 e. The van der Waals surface area contributed by atoms with Crippen molar-refractivity contribution in [3.05, 3.63) is 144 Å². The first-order valence-electron chi connectivity index (χ1n) is 12.0. The predicted octanol–water partition coefficient (Wildman–Crippen LogP) is 5.42. The molecule has 0 unspecified atom stereocenters. The van der Waals surface area contributed by atoms with Crippen LogP contribution in [0.5, 0.6) is 0 Å². The highest BCUT2D eigenvalue weighted by atomic mass is 16.5. The molecule has 0 saturated carbocycles. The summed E-state index contributed by atoms with van der Waals surface area (Å²) < 4.78 is 12.8. The molecule has 4 aromatic carbocycles. The van der Waals surface area contributed by atoms with Crippen LogP contribution in [0, 0.1) is 0 Å². The molecule has 1 amide bonds. The molecule has 1 fully saturated rings. The molecular formula is C31H29NO3. The van der Waals surface area contributed by atoms with Gasteiger partial charge < -0.3 is 14.4 Å². The lowest BCUT2D eigenvalue weighted by molar-refractivity contribution is -0.156. The molecule has 4 heteroatoms. The number of amides is 1. The summed E-state index contributed by atoms with van der Waals surface area (Å²) >= 11 is 0. The Morgan fingerprint density at radius 1 is 0.714 bits per heavy atom. The van der Waals surface area contributed by atoms with Crippen LogP contribution < -0.4 is 0 Å². The van der Waals surface area contributed by atoms with Crippen molar-refractivity contribution < 1.29 is 14.3 Å². The van der Waals surface area contributed by atoms with Gasteiger partial charge in [0.1, 0.15) is 12.2 Å². The molecule has 4 nitrogen and oxygen atoms in total. The molecule has 35 heavy (non-hydrogen) atoms. The molecule has 0 spiro atoms. The van der Waals surface area contributed by atoms with Crippen LogP contribution in [0.25, 0.3) is 0 Å². The maximum atomic E-state index is 12.6. The first-order chi connectivity index (χ1) is 17.3. The molecule has 176 valence electrons. The summed E-state index contributed by atoms with van der Waals surface area (Å²) in [5, 5.41) is 0. The van der Waals surface area contributed by atoms with E-state index in [1.54, 1.807) is 0 Å². The van der Waals surface area contributed by atoms with E-state index in [1.807, 2.05) is 89.8 Å². The fourth-order valence-electron chi connectivity index (χ4n) is 4.72. The summed E-state index contributed by atoms with van der Waals surface area (Å²) in [4.78, 5) is 14.4. The van der Waals surface area contributed by atoms with Crippen molar-refractivity contribution in [1.29, 1.82) is 0 Å². The van der Waals surface area contributed by atoms with Crippen molar-refractivity contribution in [3.8, 4) is 0 Å². The van der Waals surface area contributed by atoms with Crippen LogP contribution in [0.3, 0.4) is 0 Å². The van der Waals surface area contributed by atoms with Gasteiger partial charge in [-0.15, -0.1) is 0 Å². The molecule has 1 aliphatic heterocycles. The first kappa shape index (κ1) is 23.0. The van der Waals surface area contributed by atoms with E-state index >= 15 is 0 Å². The van der Waals surface area contributed by atoms with Crippen LogP contribution in [-0.4, -0.2) is 36.7 Å². The number of benzene rings is 4. The van der Waals surface area contributed by atoms with Crippen LogP contribution in [0.1, 0.15) is 22.3 Å². The van der Waals surface area contributed by atoms with Gasteiger partial charge in [0.05, 0.1) is 12.7 Å². The number of hydrogen-bond donors (Lipinski definition) is 0. The van der Waals surface area contributed by atoms with Crippen LogP contribution in [-0.2, 0) is 26.4 Å². The van der Waals surface area contributed by atoms with E-state index in [0.717, 1.165) is 22.3 Å². The van der Waals surface area contributed by atoms with E-state index in [2.05, 4.69) is 36.4 Å². The number of morpholine rings is 1. The molecule has 1 heterocycles. The largest absolute Gasteiger partial charge is 0.364 e. The fraction of sp³-hybridized carbons (Fsp3) is 0.194. The zero-order chi connectivity index (χ0) is 23.9. The summed E-state index contributed by atoms with van der Waals surface area (Å²) in [7, 11) is 0. The monoisotopic (exact) mass is 463 g/mol. The molecule has 0 aliphatic carbocycles. The molecule has 0 radical (unpaired) electrons. The highest BCUT2D eigenvalue weighted by molar-refractivity contribution is 5.78. The van der Waals surface area contributed by atoms with Gasteiger partial charge in [0.2, 0.25) is 5.91 Å². The Hall–Kier alpha value is -3.73. The number of rotatable bonds is 8. The Balaban J connectivity index is 1.45. The summed E-state index contributed by atoms with van der Waals surface area (Å²) in [6, 6.07) is 41.0. The highest BCUT2D eigenvalue weighted by Crippen LogP contribution is 2.40. The average molecular weight is 464 g/mol. The molecule has 1 atom stereocenters. The van der Waals surface area contributed by atoms with E-state index in [9.17, 15) is 4.79 Å². The van der Waals surface area contributed by atoms with Crippen molar-refractivity contribution in [2.24, 2.45) is 0 Å². The molecule has 1 saturated heterocycles. The van der Waals surface area contributed by atoms with E-state index in [0.29, 0.717) is 19.7 Å². The van der Waals surface area contributed by atoms with Gasteiger partial charge in [0, 0.05) is 13.1 Å². The Kier molecular flexibility index (Phi) is 7.03. The first-order valence-corrected chi connectivity index (χ1v) is 12.0. The Morgan fingerprint density at radius 3 is 1.66 bits per heavy atom. The van der Waals surface area contributed by atoms with Crippen molar-refractivity contribution in [2.45, 2.75) is 18.2 Å². The zero-order valence-corrected chi connectivity index (χ0v) is 19.6. The SMILES string of the molecule is O=C1CO[C@H](COC(c2ccccc2)(c2ccccc2)c2ccccc2)CN1Cc1ccccc1. The lowest BCUT2D eigenvalue weighted by atomic mass is 9.80. The van der Waals surface area contributed by atoms with Crippen molar-refractivity contribution in [2.75, 3.05) is 19.8 Å². The summed E-state index contributed by atoms with van der Waals surface area (Å²) in [5.74, 6) is 0.00513. The van der Waals surface area contributed by atoms with Gasteiger partial charge in [-0.25, -0.2) is 0 Å². The number of carbonyl (C=O) groups is 1. The Morgan fingerprint density at radius 2 is 1.17 bits per heavy atom. The fourth-order valence-corrected chi connectivity index (χ4v) is 4.72. The standard InChI is InChI=1S/C31H29NO3/c33-30-24-34-29(22-32(30)21-25-13-5-1-6-14-25)23-35-31(26-15-7-2-8-16-26,27-17-9-3-10-18-27)28-19-11-4-12-20-28/h1-20,29H,21-24H2/t29-/m0/s1. The maximum absolute atomic E-state index is 12.6. The minimum absolute atomic E-state index is 0.00513. The molecule has 1 aliphatic rings. The molecule has 5 rings (SSSR count). The van der Waals surface area contributed by atoms with Gasteiger partial charge in [-0.1, -0.05) is 121 Å². The highest BCUT2D eigenvalue weighted by Gasteiger charge is 2.39. The van der Waals surface area contributed by atoms with E-state index in [-0.39, 0.29) is 18.6 Å². The lowest BCUT2D eigenvalue weighted by Gasteiger charge is -2.39. The third-order valence-electron chi connectivity index (χ3n) is 6.46. The lowest BCUT2D eigenvalue weighted by Crippen LogP contribution is -2.49. The zero-order valence-electron chi connectivity index (χ0n) is 19.6. The second-order valence-electron chi connectivity index (χ2n) is 8.78. The van der Waals surface area contributed by atoms with Crippen LogP contribution in [0.4, 0.5) is 0 Å². The van der Waals surface area contributed by atoms with Gasteiger partial charge in [-0.3, -0.25) is 4.79 Å². The summed E-state index contributed by atoms with van der Waals surface area (Å²) in [6.45, 7) is 1.47. The topological polar surface area (TPSA) is 38.8 Å². The molecule has 0 bridgehead atoms.